The SMILES string of the molecule is CCCn1c(=O)c2ccsc2n(C)c1=O. The van der Waals surface area contributed by atoms with Gasteiger partial charge in [0, 0.05) is 13.6 Å². The van der Waals surface area contributed by atoms with Crippen LogP contribution in [0.3, 0.4) is 0 Å². The molecule has 0 saturated carbocycles. The summed E-state index contributed by atoms with van der Waals surface area (Å²) in [5.74, 6) is 0. The molecular formula is C10H12N2O2S. The van der Waals surface area contributed by atoms with Crippen LogP contribution in [-0.2, 0) is 13.6 Å². The van der Waals surface area contributed by atoms with E-state index in [1.165, 1.54) is 20.5 Å². The van der Waals surface area contributed by atoms with E-state index in [9.17, 15) is 9.59 Å². The summed E-state index contributed by atoms with van der Waals surface area (Å²) < 4.78 is 2.84. The van der Waals surface area contributed by atoms with Crippen molar-refractivity contribution in [2.75, 3.05) is 0 Å². The van der Waals surface area contributed by atoms with E-state index in [0.717, 1.165) is 11.3 Å². The van der Waals surface area contributed by atoms with Crippen LogP contribution in [0, 0.1) is 0 Å². The van der Waals surface area contributed by atoms with Gasteiger partial charge in [-0.15, -0.1) is 11.3 Å². The molecule has 2 heterocycles. The first-order valence-corrected chi connectivity index (χ1v) is 5.71. The zero-order chi connectivity index (χ0) is 11.0. The Morgan fingerprint density at radius 1 is 1.40 bits per heavy atom. The number of aryl methyl sites for hydroxylation is 1. The standard InChI is InChI=1S/C10H12N2O2S/c1-3-5-12-8(13)7-4-6-15-9(7)11(2)10(12)14/h4,6H,3,5H2,1-2H3. The van der Waals surface area contributed by atoms with Crippen LogP contribution in [0.5, 0.6) is 0 Å². The lowest BCUT2D eigenvalue weighted by molar-refractivity contribution is 0.596. The Balaban J connectivity index is 2.93. The summed E-state index contributed by atoms with van der Waals surface area (Å²) in [6.45, 7) is 2.43. The molecule has 2 aromatic heterocycles. The average molecular weight is 224 g/mol. The molecule has 2 aromatic rings. The van der Waals surface area contributed by atoms with Crippen LogP contribution < -0.4 is 11.2 Å². The number of fused-ring (bicyclic) bond motifs is 1. The summed E-state index contributed by atoms with van der Waals surface area (Å²) in [7, 11) is 1.70. The zero-order valence-corrected chi connectivity index (χ0v) is 9.50. The fraction of sp³-hybridized carbons (Fsp3) is 0.400. The average Bonchev–Trinajstić information content (AvgIpc) is 2.70. The molecule has 0 unspecified atom stereocenters. The summed E-state index contributed by atoms with van der Waals surface area (Å²) in [6.07, 6.45) is 0.783. The maximum absolute atomic E-state index is 11.9. The lowest BCUT2D eigenvalue weighted by atomic mass is 10.4. The molecule has 0 saturated heterocycles. The fourth-order valence-corrected chi connectivity index (χ4v) is 2.50. The van der Waals surface area contributed by atoms with E-state index in [4.69, 9.17) is 0 Å². The predicted molar refractivity (Wildman–Crippen MR) is 61.6 cm³/mol. The minimum Gasteiger partial charge on any atom is -0.287 e. The Labute approximate surface area is 90.4 Å². The highest BCUT2D eigenvalue weighted by molar-refractivity contribution is 7.16. The van der Waals surface area contributed by atoms with Crippen molar-refractivity contribution in [2.24, 2.45) is 7.05 Å². The van der Waals surface area contributed by atoms with Crippen LogP contribution in [-0.4, -0.2) is 9.13 Å². The highest BCUT2D eigenvalue weighted by atomic mass is 32.1. The quantitative estimate of drug-likeness (QED) is 0.768. The lowest BCUT2D eigenvalue weighted by Crippen LogP contribution is -2.38. The van der Waals surface area contributed by atoms with E-state index in [1.807, 2.05) is 12.3 Å². The third-order valence-electron chi connectivity index (χ3n) is 2.39. The minimum absolute atomic E-state index is 0.170. The topological polar surface area (TPSA) is 44.0 Å². The molecule has 0 N–H and O–H groups in total. The smallest absolute Gasteiger partial charge is 0.287 e. The summed E-state index contributed by atoms with van der Waals surface area (Å²) in [5, 5.41) is 2.47. The Bertz CT molecular complexity index is 606. The van der Waals surface area contributed by atoms with E-state index in [2.05, 4.69) is 0 Å². The lowest BCUT2D eigenvalue weighted by Gasteiger charge is -2.06. The number of aromatic nitrogens is 2. The number of hydrogen-bond donors (Lipinski definition) is 0. The highest BCUT2D eigenvalue weighted by Gasteiger charge is 2.10. The molecule has 80 valence electrons. The number of nitrogens with zero attached hydrogens (tertiary/aromatic N) is 2. The maximum atomic E-state index is 11.9. The van der Waals surface area contributed by atoms with Gasteiger partial charge >= 0.3 is 5.69 Å². The van der Waals surface area contributed by atoms with Gasteiger partial charge in [0.15, 0.2) is 0 Å². The number of rotatable bonds is 2. The molecule has 0 bridgehead atoms. The first-order valence-electron chi connectivity index (χ1n) is 4.84. The van der Waals surface area contributed by atoms with Crippen LogP contribution in [0.4, 0.5) is 0 Å². The maximum Gasteiger partial charge on any atom is 0.331 e. The van der Waals surface area contributed by atoms with Crippen LogP contribution in [0.15, 0.2) is 21.0 Å². The second-order valence-electron chi connectivity index (χ2n) is 3.44. The highest BCUT2D eigenvalue weighted by Crippen LogP contribution is 2.14. The molecule has 0 radical (unpaired) electrons. The molecule has 2 rings (SSSR count). The van der Waals surface area contributed by atoms with E-state index in [-0.39, 0.29) is 11.2 Å². The molecule has 0 amide bonds. The van der Waals surface area contributed by atoms with Crippen molar-refractivity contribution in [3.8, 4) is 0 Å². The molecule has 0 aliphatic rings. The van der Waals surface area contributed by atoms with Gasteiger partial charge in [0.25, 0.3) is 5.56 Å². The van der Waals surface area contributed by atoms with E-state index < -0.39 is 0 Å². The number of thiophene rings is 1. The van der Waals surface area contributed by atoms with Crippen molar-refractivity contribution in [1.29, 1.82) is 0 Å². The predicted octanol–water partition coefficient (Wildman–Crippen LogP) is 1.17. The van der Waals surface area contributed by atoms with Gasteiger partial charge in [-0.3, -0.25) is 13.9 Å². The molecule has 5 heteroatoms. The Morgan fingerprint density at radius 3 is 2.80 bits per heavy atom. The van der Waals surface area contributed by atoms with Gasteiger partial charge in [0.2, 0.25) is 0 Å². The molecule has 0 aliphatic heterocycles. The minimum atomic E-state index is -0.225. The first-order chi connectivity index (χ1) is 7.16. The van der Waals surface area contributed by atoms with Crippen molar-refractivity contribution in [1.82, 2.24) is 9.13 Å². The van der Waals surface area contributed by atoms with Crippen LogP contribution in [0.1, 0.15) is 13.3 Å². The molecule has 0 spiro atoms. The number of hydrogen-bond acceptors (Lipinski definition) is 3. The third-order valence-corrected chi connectivity index (χ3v) is 3.38. The molecule has 15 heavy (non-hydrogen) atoms. The van der Waals surface area contributed by atoms with Crippen molar-refractivity contribution in [2.45, 2.75) is 19.9 Å². The van der Waals surface area contributed by atoms with Gasteiger partial charge in [-0.1, -0.05) is 6.92 Å². The van der Waals surface area contributed by atoms with Gasteiger partial charge in [0.1, 0.15) is 4.83 Å². The van der Waals surface area contributed by atoms with Crippen LogP contribution in [0.25, 0.3) is 10.2 Å². The van der Waals surface area contributed by atoms with Crippen molar-refractivity contribution in [3.05, 3.63) is 32.3 Å². The molecule has 4 nitrogen and oxygen atoms in total. The molecule has 0 aliphatic carbocycles. The molecular weight excluding hydrogens is 212 g/mol. The second-order valence-corrected chi connectivity index (χ2v) is 4.33. The zero-order valence-electron chi connectivity index (χ0n) is 8.69. The van der Waals surface area contributed by atoms with Crippen molar-refractivity contribution >= 4 is 21.6 Å². The van der Waals surface area contributed by atoms with Gasteiger partial charge < -0.3 is 0 Å². The first kappa shape index (κ1) is 10.2. The monoisotopic (exact) mass is 224 g/mol. The Kier molecular flexibility index (Phi) is 2.48. The molecule has 0 atom stereocenters. The molecule has 0 aromatic carbocycles. The van der Waals surface area contributed by atoms with Gasteiger partial charge in [-0.05, 0) is 17.9 Å². The Hall–Kier alpha value is -1.36. The van der Waals surface area contributed by atoms with E-state index in [0.29, 0.717) is 11.9 Å². The normalized spacial score (nSPS) is 11.1. The Morgan fingerprint density at radius 2 is 2.13 bits per heavy atom. The summed E-state index contributed by atoms with van der Waals surface area (Å²) in [4.78, 5) is 24.5. The van der Waals surface area contributed by atoms with Crippen LogP contribution >= 0.6 is 11.3 Å². The van der Waals surface area contributed by atoms with E-state index in [1.54, 1.807) is 13.1 Å². The largest absolute Gasteiger partial charge is 0.331 e. The van der Waals surface area contributed by atoms with E-state index >= 15 is 0 Å². The van der Waals surface area contributed by atoms with Crippen molar-refractivity contribution in [3.63, 3.8) is 0 Å². The van der Waals surface area contributed by atoms with Crippen LogP contribution in [0.2, 0.25) is 0 Å². The summed E-state index contributed by atoms with van der Waals surface area (Å²) in [5.41, 5.74) is -0.395. The third kappa shape index (κ3) is 1.43. The molecule has 0 fully saturated rings. The van der Waals surface area contributed by atoms with Gasteiger partial charge in [-0.2, -0.15) is 0 Å². The second kappa shape index (κ2) is 3.66. The summed E-state index contributed by atoms with van der Waals surface area (Å²) in [6, 6.07) is 1.77. The van der Waals surface area contributed by atoms with Gasteiger partial charge in [0.05, 0.1) is 5.39 Å². The van der Waals surface area contributed by atoms with Gasteiger partial charge in [-0.25, -0.2) is 4.79 Å². The summed E-state index contributed by atoms with van der Waals surface area (Å²) >= 11 is 1.42. The fourth-order valence-electron chi connectivity index (χ4n) is 1.64. The van der Waals surface area contributed by atoms with Crippen molar-refractivity contribution < 1.29 is 0 Å².